The highest BCUT2D eigenvalue weighted by molar-refractivity contribution is 7.17. The molecule has 5 rings (SSSR count). The highest BCUT2D eigenvalue weighted by Crippen LogP contribution is 2.22. The summed E-state index contributed by atoms with van der Waals surface area (Å²) in [6.45, 7) is 2.59. The summed E-state index contributed by atoms with van der Waals surface area (Å²) in [6, 6.07) is 8.58. The molecule has 0 atom stereocenters. The second-order valence-corrected chi connectivity index (χ2v) is 9.35. The molecule has 1 aliphatic rings. The van der Waals surface area contributed by atoms with Crippen LogP contribution in [0.15, 0.2) is 40.5 Å². The molecule has 1 saturated heterocycles. The third kappa shape index (κ3) is 4.16. The average molecular weight is 469 g/mol. The van der Waals surface area contributed by atoms with Gasteiger partial charge in [-0.3, -0.25) is 23.5 Å². The van der Waals surface area contributed by atoms with E-state index in [-0.39, 0.29) is 23.2 Å². The zero-order chi connectivity index (χ0) is 22.9. The van der Waals surface area contributed by atoms with E-state index in [9.17, 15) is 14.0 Å². The number of halogens is 1. The highest BCUT2D eigenvalue weighted by Gasteiger charge is 2.26. The SMILES string of the molecule is Cn1c(=O)c2sccc2n2c(CN3CCC(C(=O)NCCc4ccccc4F)CC3)nnc12. The lowest BCUT2D eigenvalue weighted by Gasteiger charge is -2.30. The van der Waals surface area contributed by atoms with E-state index < -0.39 is 0 Å². The molecule has 172 valence electrons. The van der Waals surface area contributed by atoms with Gasteiger partial charge in [0.2, 0.25) is 11.7 Å². The van der Waals surface area contributed by atoms with Gasteiger partial charge in [0.15, 0.2) is 5.82 Å². The minimum absolute atomic E-state index is 0.0360. The first-order valence-electron chi connectivity index (χ1n) is 11.1. The first kappa shape index (κ1) is 21.7. The number of likely N-dealkylation sites (tertiary alicyclic amines) is 1. The molecule has 0 aliphatic carbocycles. The number of benzene rings is 1. The van der Waals surface area contributed by atoms with E-state index in [4.69, 9.17) is 0 Å². The number of nitrogens with zero attached hydrogens (tertiary/aromatic N) is 5. The Kier molecular flexibility index (Phi) is 5.94. The van der Waals surface area contributed by atoms with Crippen molar-refractivity contribution < 1.29 is 9.18 Å². The largest absolute Gasteiger partial charge is 0.356 e. The molecular weight excluding hydrogens is 443 g/mol. The molecule has 1 fully saturated rings. The Balaban J connectivity index is 1.19. The summed E-state index contributed by atoms with van der Waals surface area (Å²) in [4.78, 5) is 27.3. The molecule has 33 heavy (non-hydrogen) atoms. The molecule has 1 amide bonds. The van der Waals surface area contributed by atoms with Gasteiger partial charge in [-0.2, -0.15) is 0 Å². The number of nitrogens with one attached hydrogen (secondary N) is 1. The zero-order valence-corrected chi connectivity index (χ0v) is 19.1. The van der Waals surface area contributed by atoms with Crippen molar-refractivity contribution in [3.05, 3.63) is 63.3 Å². The van der Waals surface area contributed by atoms with Gasteiger partial charge in [-0.1, -0.05) is 18.2 Å². The monoisotopic (exact) mass is 468 g/mol. The summed E-state index contributed by atoms with van der Waals surface area (Å²) in [5, 5.41) is 13.5. The van der Waals surface area contributed by atoms with E-state index in [2.05, 4.69) is 20.4 Å². The van der Waals surface area contributed by atoms with Crippen LogP contribution in [0.4, 0.5) is 4.39 Å². The van der Waals surface area contributed by atoms with Crippen LogP contribution in [0.25, 0.3) is 16.0 Å². The van der Waals surface area contributed by atoms with E-state index in [0.29, 0.717) is 35.6 Å². The third-order valence-electron chi connectivity index (χ3n) is 6.37. The standard InChI is InChI=1S/C23H25FN6O2S/c1-28-22(32)20-18(9-13-33-20)30-19(26-27-23(28)30)14-29-11-7-16(8-12-29)21(31)25-10-6-15-4-2-3-5-17(15)24/h2-5,9,13,16H,6-8,10-12,14H2,1H3,(H,25,31). The van der Waals surface area contributed by atoms with E-state index in [1.807, 2.05) is 15.8 Å². The Hall–Kier alpha value is -3.11. The number of hydrogen-bond acceptors (Lipinski definition) is 6. The maximum absolute atomic E-state index is 13.7. The second kappa shape index (κ2) is 9.03. The van der Waals surface area contributed by atoms with Crippen LogP contribution < -0.4 is 10.9 Å². The predicted octanol–water partition coefficient (Wildman–Crippen LogP) is 2.35. The number of amides is 1. The number of aryl methyl sites for hydroxylation is 1. The molecule has 10 heteroatoms. The lowest BCUT2D eigenvalue weighted by Crippen LogP contribution is -2.41. The summed E-state index contributed by atoms with van der Waals surface area (Å²) in [6.07, 6.45) is 2.00. The van der Waals surface area contributed by atoms with Crippen molar-refractivity contribution in [1.29, 1.82) is 0 Å². The smallest absolute Gasteiger partial charge is 0.272 e. The highest BCUT2D eigenvalue weighted by atomic mass is 32.1. The van der Waals surface area contributed by atoms with E-state index in [1.54, 1.807) is 25.2 Å². The first-order chi connectivity index (χ1) is 16.0. The number of carbonyl (C=O) groups excluding carboxylic acids is 1. The van der Waals surface area contributed by atoms with Gasteiger partial charge in [-0.05, 0) is 55.4 Å². The Morgan fingerprint density at radius 1 is 1.21 bits per heavy atom. The van der Waals surface area contributed by atoms with Gasteiger partial charge in [0.05, 0.1) is 12.1 Å². The van der Waals surface area contributed by atoms with Gasteiger partial charge >= 0.3 is 0 Å². The van der Waals surface area contributed by atoms with Gasteiger partial charge < -0.3 is 5.32 Å². The number of aromatic nitrogens is 4. The number of thiophene rings is 1. The second-order valence-electron chi connectivity index (χ2n) is 8.43. The van der Waals surface area contributed by atoms with Crippen molar-refractivity contribution in [2.24, 2.45) is 13.0 Å². The summed E-state index contributed by atoms with van der Waals surface area (Å²) in [7, 11) is 1.71. The summed E-state index contributed by atoms with van der Waals surface area (Å²) < 4.78 is 17.9. The molecule has 8 nitrogen and oxygen atoms in total. The average Bonchev–Trinajstić information content (AvgIpc) is 3.46. The molecule has 0 unspecified atom stereocenters. The van der Waals surface area contributed by atoms with Gasteiger partial charge in [0.1, 0.15) is 10.5 Å². The van der Waals surface area contributed by atoms with Crippen LogP contribution in [0.5, 0.6) is 0 Å². The lowest BCUT2D eigenvalue weighted by molar-refractivity contribution is -0.126. The number of piperidine rings is 1. The van der Waals surface area contributed by atoms with Gasteiger partial charge in [-0.25, -0.2) is 4.39 Å². The fourth-order valence-electron chi connectivity index (χ4n) is 4.47. The molecule has 0 saturated carbocycles. The van der Waals surface area contributed by atoms with E-state index >= 15 is 0 Å². The Morgan fingerprint density at radius 3 is 2.79 bits per heavy atom. The third-order valence-corrected chi connectivity index (χ3v) is 7.26. The molecular formula is C23H25FN6O2S. The van der Waals surface area contributed by atoms with Crippen LogP contribution in [-0.2, 0) is 24.8 Å². The van der Waals surface area contributed by atoms with E-state index in [1.165, 1.54) is 22.0 Å². The molecule has 1 aromatic carbocycles. The van der Waals surface area contributed by atoms with Crippen LogP contribution in [0.2, 0.25) is 0 Å². The fraction of sp³-hybridized carbons (Fsp3) is 0.391. The summed E-state index contributed by atoms with van der Waals surface area (Å²) in [5.74, 6) is 1.08. The van der Waals surface area contributed by atoms with Crippen molar-refractivity contribution in [2.75, 3.05) is 19.6 Å². The molecule has 0 radical (unpaired) electrons. The predicted molar refractivity (Wildman–Crippen MR) is 125 cm³/mol. The topological polar surface area (TPSA) is 84.5 Å². The molecule has 4 aromatic rings. The Labute approximate surface area is 193 Å². The van der Waals surface area contributed by atoms with Crippen molar-refractivity contribution >= 4 is 33.2 Å². The summed E-state index contributed by atoms with van der Waals surface area (Å²) in [5.41, 5.74) is 1.39. The molecule has 1 aliphatic heterocycles. The minimum atomic E-state index is -0.235. The Bertz CT molecular complexity index is 1370. The molecule has 1 N–H and O–H groups in total. The zero-order valence-electron chi connectivity index (χ0n) is 18.3. The van der Waals surface area contributed by atoms with Crippen LogP contribution in [0.1, 0.15) is 24.2 Å². The lowest BCUT2D eigenvalue weighted by atomic mass is 9.96. The first-order valence-corrected chi connectivity index (χ1v) is 11.9. The van der Waals surface area contributed by atoms with Crippen molar-refractivity contribution in [1.82, 2.24) is 29.4 Å². The van der Waals surface area contributed by atoms with Crippen molar-refractivity contribution in [3.8, 4) is 0 Å². The van der Waals surface area contributed by atoms with Crippen LogP contribution >= 0.6 is 11.3 Å². The van der Waals surface area contributed by atoms with Gasteiger partial charge in [-0.15, -0.1) is 21.5 Å². The Morgan fingerprint density at radius 2 is 2.00 bits per heavy atom. The maximum atomic E-state index is 13.7. The number of fused-ring (bicyclic) bond motifs is 3. The van der Waals surface area contributed by atoms with Gasteiger partial charge in [0, 0.05) is 19.5 Å². The fourth-order valence-corrected chi connectivity index (χ4v) is 5.33. The van der Waals surface area contributed by atoms with Gasteiger partial charge in [0.25, 0.3) is 5.56 Å². The quantitative estimate of drug-likeness (QED) is 0.470. The van der Waals surface area contributed by atoms with Crippen molar-refractivity contribution in [2.45, 2.75) is 25.8 Å². The normalized spacial score (nSPS) is 15.5. The minimum Gasteiger partial charge on any atom is -0.356 e. The maximum Gasteiger partial charge on any atom is 0.272 e. The number of carbonyl (C=O) groups is 1. The molecule has 0 spiro atoms. The molecule has 4 heterocycles. The molecule has 0 bridgehead atoms. The van der Waals surface area contributed by atoms with Crippen LogP contribution in [0, 0.1) is 11.7 Å². The summed E-state index contributed by atoms with van der Waals surface area (Å²) >= 11 is 1.42. The van der Waals surface area contributed by atoms with Crippen molar-refractivity contribution in [3.63, 3.8) is 0 Å². The van der Waals surface area contributed by atoms with Crippen LogP contribution in [0.3, 0.4) is 0 Å². The van der Waals surface area contributed by atoms with Crippen LogP contribution in [-0.4, -0.2) is 49.6 Å². The molecule has 3 aromatic heterocycles. The number of rotatable bonds is 6. The van der Waals surface area contributed by atoms with E-state index in [0.717, 1.165) is 37.3 Å². The number of hydrogen-bond donors (Lipinski definition) is 1.